The van der Waals surface area contributed by atoms with E-state index in [1.54, 1.807) is 0 Å². The van der Waals surface area contributed by atoms with Crippen LogP contribution in [0.1, 0.15) is 4.88 Å². The lowest BCUT2D eigenvalue weighted by atomic mass is 10.3. The Bertz CT molecular complexity index is 330. The topological polar surface area (TPSA) is 64.3 Å². The number of thiophene rings is 1. The van der Waals surface area contributed by atoms with Gasteiger partial charge in [0.1, 0.15) is 6.04 Å². The molecule has 0 saturated heterocycles. The Hall–Kier alpha value is -0.620. The third-order valence-corrected chi connectivity index (χ3v) is 3.06. The Kier molecular flexibility index (Phi) is 5.04. The van der Waals surface area contributed by atoms with Gasteiger partial charge in [-0.3, -0.25) is 10.1 Å². The van der Waals surface area contributed by atoms with Crippen molar-refractivity contribution in [3.8, 4) is 0 Å². The van der Waals surface area contributed by atoms with Crippen LogP contribution in [0.2, 0.25) is 4.34 Å². The Morgan fingerprint density at radius 2 is 2.47 bits per heavy atom. The zero-order valence-corrected chi connectivity index (χ0v) is 9.90. The van der Waals surface area contributed by atoms with Gasteiger partial charge in [-0.2, -0.15) is 0 Å². The summed E-state index contributed by atoms with van der Waals surface area (Å²) in [7, 11) is 1.53. The first-order valence-electron chi connectivity index (χ1n) is 4.39. The summed E-state index contributed by atoms with van der Waals surface area (Å²) in [5.74, 6) is -0.417. The molecule has 0 spiro atoms. The number of carbonyl (C=O) groups excluding carboxylic acids is 1. The van der Waals surface area contributed by atoms with E-state index in [4.69, 9.17) is 22.1 Å². The fourth-order valence-corrected chi connectivity index (χ4v) is 2.12. The van der Waals surface area contributed by atoms with Gasteiger partial charge in [0.05, 0.1) is 10.9 Å². The predicted octanol–water partition coefficient (Wildman–Crippen LogP) is 0.991. The van der Waals surface area contributed by atoms with E-state index in [1.165, 1.54) is 18.4 Å². The van der Waals surface area contributed by atoms with Crippen LogP contribution in [0.5, 0.6) is 0 Å². The molecule has 1 aromatic heterocycles. The van der Waals surface area contributed by atoms with Crippen molar-refractivity contribution in [2.75, 3.05) is 13.7 Å². The van der Waals surface area contributed by atoms with E-state index in [0.29, 0.717) is 6.54 Å². The minimum Gasteiger partial charge on any atom is -0.383 e. The van der Waals surface area contributed by atoms with Crippen molar-refractivity contribution in [2.45, 2.75) is 12.6 Å². The number of primary amides is 1. The van der Waals surface area contributed by atoms with E-state index in [0.717, 1.165) is 9.21 Å². The van der Waals surface area contributed by atoms with Gasteiger partial charge in [-0.1, -0.05) is 11.6 Å². The number of hydrogen-bond donors (Lipinski definition) is 2. The maximum Gasteiger partial charge on any atom is 0.236 e. The van der Waals surface area contributed by atoms with E-state index in [9.17, 15) is 4.79 Å². The summed E-state index contributed by atoms with van der Waals surface area (Å²) in [6.45, 7) is 0.836. The van der Waals surface area contributed by atoms with Crippen molar-refractivity contribution in [2.24, 2.45) is 5.73 Å². The van der Waals surface area contributed by atoms with Crippen LogP contribution in [0.4, 0.5) is 0 Å². The molecule has 1 unspecified atom stereocenters. The normalized spacial score (nSPS) is 12.7. The Morgan fingerprint density at radius 3 is 2.93 bits per heavy atom. The van der Waals surface area contributed by atoms with Crippen LogP contribution in [0.3, 0.4) is 0 Å². The minimum absolute atomic E-state index is 0.272. The molecule has 4 nitrogen and oxygen atoms in total. The number of amides is 1. The molecule has 1 atom stereocenters. The monoisotopic (exact) mass is 248 g/mol. The highest BCUT2D eigenvalue weighted by atomic mass is 35.5. The average Bonchev–Trinajstić information content (AvgIpc) is 2.58. The van der Waals surface area contributed by atoms with Crippen molar-refractivity contribution in [3.63, 3.8) is 0 Å². The molecule has 0 aliphatic rings. The third kappa shape index (κ3) is 4.17. The van der Waals surface area contributed by atoms with Gasteiger partial charge in [0.25, 0.3) is 0 Å². The second kappa shape index (κ2) is 6.07. The summed E-state index contributed by atoms with van der Waals surface area (Å²) < 4.78 is 5.60. The van der Waals surface area contributed by atoms with E-state index in [2.05, 4.69) is 5.32 Å². The largest absolute Gasteiger partial charge is 0.383 e. The summed E-state index contributed by atoms with van der Waals surface area (Å²) in [5.41, 5.74) is 5.19. The molecular formula is C9H13ClN2O2S. The molecular weight excluding hydrogens is 236 g/mol. The molecule has 0 saturated carbocycles. The molecule has 0 radical (unpaired) electrons. The predicted molar refractivity (Wildman–Crippen MR) is 61.0 cm³/mol. The van der Waals surface area contributed by atoms with Crippen molar-refractivity contribution in [1.82, 2.24) is 5.32 Å². The van der Waals surface area contributed by atoms with Crippen LogP contribution in [-0.4, -0.2) is 25.7 Å². The highest BCUT2D eigenvalue weighted by molar-refractivity contribution is 7.16. The summed E-state index contributed by atoms with van der Waals surface area (Å²) in [6.07, 6.45) is 0. The van der Waals surface area contributed by atoms with E-state index >= 15 is 0 Å². The van der Waals surface area contributed by atoms with E-state index < -0.39 is 11.9 Å². The molecule has 0 fully saturated rings. The molecule has 6 heteroatoms. The van der Waals surface area contributed by atoms with Crippen LogP contribution in [0, 0.1) is 0 Å². The van der Waals surface area contributed by atoms with Gasteiger partial charge in [0.2, 0.25) is 5.91 Å². The molecule has 0 aliphatic carbocycles. The zero-order valence-electron chi connectivity index (χ0n) is 8.33. The van der Waals surface area contributed by atoms with E-state index in [-0.39, 0.29) is 6.61 Å². The summed E-state index contributed by atoms with van der Waals surface area (Å²) in [4.78, 5) is 12.0. The van der Waals surface area contributed by atoms with Gasteiger partial charge in [-0.15, -0.1) is 11.3 Å². The Morgan fingerprint density at radius 1 is 1.73 bits per heavy atom. The summed E-state index contributed by atoms with van der Waals surface area (Å²) >= 11 is 7.24. The zero-order chi connectivity index (χ0) is 11.3. The maximum atomic E-state index is 11.0. The number of ether oxygens (including phenoxy) is 1. The van der Waals surface area contributed by atoms with Gasteiger partial charge >= 0.3 is 0 Å². The SMILES string of the molecule is COCC(NCc1ccc(Cl)s1)C(N)=O. The molecule has 1 rings (SSSR count). The number of nitrogens with one attached hydrogen (secondary N) is 1. The molecule has 0 aromatic carbocycles. The molecule has 0 aliphatic heterocycles. The van der Waals surface area contributed by atoms with Crippen LogP contribution in [-0.2, 0) is 16.1 Å². The fourth-order valence-electron chi connectivity index (χ4n) is 1.08. The van der Waals surface area contributed by atoms with Gasteiger partial charge in [0, 0.05) is 18.5 Å². The summed E-state index contributed by atoms with van der Waals surface area (Å²) in [5, 5.41) is 3.00. The highest BCUT2D eigenvalue weighted by Crippen LogP contribution is 2.21. The number of carbonyl (C=O) groups is 1. The average molecular weight is 249 g/mol. The first-order valence-corrected chi connectivity index (χ1v) is 5.58. The molecule has 15 heavy (non-hydrogen) atoms. The summed E-state index contributed by atoms with van der Waals surface area (Å²) in [6, 6.07) is 3.26. The Labute approximate surface area is 97.4 Å². The number of halogens is 1. The van der Waals surface area contributed by atoms with Crippen molar-refractivity contribution in [3.05, 3.63) is 21.3 Å². The second-order valence-electron chi connectivity index (χ2n) is 3.00. The number of methoxy groups -OCH3 is 1. The third-order valence-electron chi connectivity index (χ3n) is 1.83. The lowest BCUT2D eigenvalue weighted by Crippen LogP contribution is -2.43. The van der Waals surface area contributed by atoms with Crippen LogP contribution < -0.4 is 11.1 Å². The number of nitrogens with two attached hydrogens (primary N) is 1. The van der Waals surface area contributed by atoms with Crippen molar-refractivity contribution in [1.29, 1.82) is 0 Å². The van der Waals surface area contributed by atoms with Crippen LogP contribution in [0.25, 0.3) is 0 Å². The standard InChI is InChI=1S/C9H13ClN2O2S/c1-14-5-7(9(11)13)12-4-6-2-3-8(10)15-6/h2-3,7,12H,4-5H2,1H3,(H2,11,13). The minimum atomic E-state index is -0.462. The molecule has 1 heterocycles. The van der Waals surface area contributed by atoms with Gasteiger partial charge in [0.15, 0.2) is 0 Å². The fraction of sp³-hybridized carbons (Fsp3) is 0.444. The van der Waals surface area contributed by atoms with Gasteiger partial charge in [-0.25, -0.2) is 0 Å². The first kappa shape index (κ1) is 12.4. The maximum absolute atomic E-state index is 11.0. The highest BCUT2D eigenvalue weighted by Gasteiger charge is 2.14. The molecule has 1 aromatic rings. The van der Waals surface area contributed by atoms with Gasteiger partial charge < -0.3 is 10.5 Å². The van der Waals surface area contributed by atoms with Crippen LogP contribution in [0.15, 0.2) is 12.1 Å². The van der Waals surface area contributed by atoms with Crippen molar-refractivity contribution >= 4 is 28.8 Å². The molecule has 3 N–H and O–H groups in total. The lowest BCUT2D eigenvalue weighted by molar-refractivity contribution is -0.121. The Balaban J connectivity index is 2.43. The smallest absolute Gasteiger partial charge is 0.236 e. The number of hydrogen-bond acceptors (Lipinski definition) is 4. The second-order valence-corrected chi connectivity index (χ2v) is 4.80. The molecule has 0 bridgehead atoms. The lowest BCUT2D eigenvalue weighted by Gasteiger charge is -2.13. The van der Waals surface area contributed by atoms with Crippen molar-refractivity contribution < 1.29 is 9.53 Å². The van der Waals surface area contributed by atoms with Gasteiger partial charge in [-0.05, 0) is 12.1 Å². The molecule has 1 amide bonds. The first-order chi connectivity index (χ1) is 7.13. The molecule has 84 valence electrons. The number of rotatable bonds is 6. The van der Waals surface area contributed by atoms with Crippen LogP contribution >= 0.6 is 22.9 Å². The quantitative estimate of drug-likeness (QED) is 0.789. The van der Waals surface area contributed by atoms with E-state index in [1.807, 2.05) is 12.1 Å².